The van der Waals surface area contributed by atoms with Crippen molar-refractivity contribution in [2.45, 2.75) is 19.4 Å². The van der Waals surface area contributed by atoms with Crippen LogP contribution in [-0.2, 0) is 17.7 Å². The summed E-state index contributed by atoms with van der Waals surface area (Å²) in [4.78, 5) is 9.01. The Kier molecular flexibility index (Phi) is 3.91. The third-order valence-electron chi connectivity index (χ3n) is 3.41. The van der Waals surface area contributed by atoms with Crippen molar-refractivity contribution in [2.75, 3.05) is 19.1 Å². The van der Waals surface area contributed by atoms with E-state index in [2.05, 4.69) is 14.5 Å². The van der Waals surface area contributed by atoms with E-state index in [-0.39, 0.29) is 0 Å². The Morgan fingerprint density at radius 3 is 3.11 bits per heavy atom. The molecule has 2 aromatic rings. The van der Waals surface area contributed by atoms with Crippen molar-refractivity contribution in [1.29, 1.82) is 0 Å². The van der Waals surface area contributed by atoms with Crippen molar-refractivity contribution in [3.05, 3.63) is 23.1 Å². The van der Waals surface area contributed by atoms with E-state index in [4.69, 9.17) is 27.9 Å². The fourth-order valence-electron chi connectivity index (χ4n) is 2.49. The van der Waals surface area contributed by atoms with Gasteiger partial charge in [0.15, 0.2) is 5.65 Å². The Morgan fingerprint density at radius 1 is 1.47 bits per heavy atom. The first kappa shape index (κ1) is 13.2. The summed E-state index contributed by atoms with van der Waals surface area (Å²) < 4.78 is 7.60. The topological polar surface area (TPSA) is 39.9 Å². The fourth-order valence-corrected chi connectivity index (χ4v) is 2.81. The standard InChI is InChI=1S/C13H15Cl2N3O/c14-3-1-12-17-11-5-10(15)6-16-13(11)18(12)7-9-2-4-19-8-9/h5-6,9H,1-4,7-8H2. The van der Waals surface area contributed by atoms with Gasteiger partial charge in [-0.3, -0.25) is 0 Å². The van der Waals surface area contributed by atoms with E-state index < -0.39 is 0 Å². The van der Waals surface area contributed by atoms with Crippen molar-refractivity contribution in [3.8, 4) is 0 Å². The quantitative estimate of drug-likeness (QED) is 0.815. The van der Waals surface area contributed by atoms with Gasteiger partial charge in [-0.1, -0.05) is 11.6 Å². The number of hydrogen-bond donors (Lipinski definition) is 0. The van der Waals surface area contributed by atoms with Gasteiger partial charge in [-0.15, -0.1) is 11.6 Å². The third-order valence-corrected chi connectivity index (χ3v) is 3.81. The first-order valence-corrected chi connectivity index (χ1v) is 7.33. The maximum atomic E-state index is 5.97. The smallest absolute Gasteiger partial charge is 0.160 e. The normalized spacial score (nSPS) is 19.4. The van der Waals surface area contributed by atoms with Crippen LogP contribution < -0.4 is 0 Å². The molecule has 0 radical (unpaired) electrons. The van der Waals surface area contributed by atoms with Crippen LogP contribution in [0.2, 0.25) is 5.02 Å². The molecule has 1 saturated heterocycles. The van der Waals surface area contributed by atoms with E-state index in [1.54, 1.807) is 6.20 Å². The van der Waals surface area contributed by atoms with Crippen molar-refractivity contribution < 1.29 is 4.74 Å². The highest BCUT2D eigenvalue weighted by molar-refractivity contribution is 6.31. The van der Waals surface area contributed by atoms with Crippen LogP contribution in [0, 0.1) is 5.92 Å². The zero-order valence-corrected chi connectivity index (χ0v) is 12.0. The summed E-state index contributed by atoms with van der Waals surface area (Å²) in [6.45, 7) is 2.55. The van der Waals surface area contributed by atoms with Gasteiger partial charge in [-0.25, -0.2) is 9.97 Å². The fraction of sp³-hybridized carbons (Fsp3) is 0.538. The highest BCUT2D eigenvalue weighted by Crippen LogP contribution is 2.22. The predicted octanol–water partition coefficient (Wildman–Crippen LogP) is 2.90. The van der Waals surface area contributed by atoms with Crippen LogP contribution >= 0.6 is 23.2 Å². The average Bonchev–Trinajstić information content (AvgIpc) is 2.99. The van der Waals surface area contributed by atoms with Gasteiger partial charge >= 0.3 is 0 Å². The number of pyridine rings is 1. The zero-order valence-electron chi connectivity index (χ0n) is 10.5. The molecule has 102 valence electrons. The monoisotopic (exact) mass is 299 g/mol. The van der Waals surface area contributed by atoms with Crippen molar-refractivity contribution in [1.82, 2.24) is 14.5 Å². The number of nitrogens with zero attached hydrogens (tertiary/aromatic N) is 3. The number of aromatic nitrogens is 3. The minimum Gasteiger partial charge on any atom is -0.381 e. The van der Waals surface area contributed by atoms with Crippen LogP contribution in [0.1, 0.15) is 12.2 Å². The molecule has 19 heavy (non-hydrogen) atoms. The van der Waals surface area contributed by atoms with Gasteiger partial charge in [0.25, 0.3) is 0 Å². The van der Waals surface area contributed by atoms with Crippen LogP contribution in [0.4, 0.5) is 0 Å². The summed E-state index contributed by atoms with van der Waals surface area (Å²) >= 11 is 11.8. The second-order valence-electron chi connectivity index (χ2n) is 4.80. The van der Waals surface area contributed by atoms with Gasteiger partial charge in [0.05, 0.1) is 11.6 Å². The van der Waals surface area contributed by atoms with Crippen LogP contribution in [0.3, 0.4) is 0 Å². The molecule has 1 aliphatic rings. The number of halogens is 2. The Labute approximate surface area is 121 Å². The van der Waals surface area contributed by atoms with Crippen molar-refractivity contribution >= 4 is 34.4 Å². The lowest BCUT2D eigenvalue weighted by Crippen LogP contribution is -2.14. The largest absolute Gasteiger partial charge is 0.381 e. The van der Waals surface area contributed by atoms with Gasteiger partial charge in [0.2, 0.25) is 0 Å². The molecule has 1 atom stereocenters. The molecule has 1 aliphatic heterocycles. The summed E-state index contributed by atoms with van der Waals surface area (Å²) in [6.07, 6.45) is 3.49. The summed E-state index contributed by atoms with van der Waals surface area (Å²) in [7, 11) is 0. The maximum Gasteiger partial charge on any atom is 0.160 e. The molecule has 0 bridgehead atoms. The minimum absolute atomic E-state index is 0.531. The number of imidazole rings is 1. The maximum absolute atomic E-state index is 5.97. The van der Waals surface area contributed by atoms with E-state index in [1.807, 2.05) is 6.07 Å². The Morgan fingerprint density at radius 2 is 2.37 bits per heavy atom. The summed E-state index contributed by atoms with van der Waals surface area (Å²) in [5.41, 5.74) is 1.72. The lowest BCUT2D eigenvalue weighted by atomic mass is 10.1. The number of hydrogen-bond acceptors (Lipinski definition) is 3. The molecule has 0 amide bonds. The molecule has 0 saturated carbocycles. The van der Waals surface area contributed by atoms with E-state index in [1.165, 1.54) is 0 Å². The Hall–Kier alpha value is -0.840. The van der Waals surface area contributed by atoms with E-state index in [0.717, 1.165) is 49.6 Å². The average molecular weight is 300 g/mol. The van der Waals surface area contributed by atoms with Crippen LogP contribution in [0.15, 0.2) is 12.3 Å². The molecule has 1 fully saturated rings. The Bertz CT molecular complexity index is 579. The lowest BCUT2D eigenvalue weighted by Gasteiger charge is -2.12. The molecule has 2 aromatic heterocycles. The number of fused-ring (bicyclic) bond motifs is 1. The second-order valence-corrected chi connectivity index (χ2v) is 5.62. The molecular formula is C13H15Cl2N3O. The second kappa shape index (κ2) is 5.65. The summed E-state index contributed by atoms with van der Waals surface area (Å²) in [5.74, 6) is 2.06. The van der Waals surface area contributed by atoms with Crippen molar-refractivity contribution in [2.24, 2.45) is 5.92 Å². The van der Waals surface area contributed by atoms with Gasteiger partial charge in [0, 0.05) is 37.6 Å². The highest BCUT2D eigenvalue weighted by Gasteiger charge is 2.20. The van der Waals surface area contributed by atoms with Gasteiger partial charge in [-0.2, -0.15) is 0 Å². The summed E-state index contributed by atoms with van der Waals surface area (Å²) in [5, 5.41) is 0.610. The molecule has 0 aliphatic carbocycles. The molecule has 0 aromatic carbocycles. The van der Waals surface area contributed by atoms with E-state index in [9.17, 15) is 0 Å². The minimum atomic E-state index is 0.531. The predicted molar refractivity (Wildman–Crippen MR) is 75.9 cm³/mol. The number of rotatable bonds is 4. The lowest BCUT2D eigenvalue weighted by molar-refractivity contribution is 0.182. The molecule has 0 N–H and O–H groups in total. The molecule has 6 heteroatoms. The van der Waals surface area contributed by atoms with E-state index >= 15 is 0 Å². The Balaban J connectivity index is 2.00. The highest BCUT2D eigenvalue weighted by atomic mass is 35.5. The van der Waals surface area contributed by atoms with Crippen LogP contribution in [0.25, 0.3) is 11.2 Å². The van der Waals surface area contributed by atoms with Gasteiger partial charge in [0.1, 0.15) is 11.3 Å². The zero-order chi connectivity index (χ0) is 13.2. The van der Waals surface area contributed by atoms with Crippen LogP contribution in [-0.4, -0.2) is 33.6 Å². The number of ether oxygens (including phenoxy) is 1. The van der Waals surface area contributed by atoms with Crippen LogP contribution in [0.5, 0.6) is 0 Å². The summed E-state index contributed by atoms with van der Waals surface area (Å²) in [6, 6.07) is 1.85. The molecule has 4 nitrogen and oxygen atoms in total. The number of alkyl halides is 1. The number of aryl methyl sites for hydroxylation is 1. The molecular weight excluding hydrogens is 285 g/mol. The molecule has 0 spiro atoms. The first-order valence-electron chi connectivity index (χ1n) is 6.42. The van der Waals surface area contributed by atoms with E-state index in [0.29, 0.717) is 16.8 Å². The van der Waals surface area contributed by atoms with Crippen molar-refractivity contribution in [3.63, 3.8) is 0 Å². The SMILES string of the molecule is ClCCc1nc2cc(Cl)cnc2n1CC1CCOC1. The molecule has 3 rings (SSSR count). The molecule has 3 heterocycles. The van der Waals surface area contributed by atoms with Gasteiger partial charge < -0.3 is 9.30 Å². The third kappa shape index (κ3) is 2.71. The van der Waals surface area contributed by atoms with Gasteiger partial charge in [-0.05, 0) is 12.5 Å². The first-order chi connectivity index (χ1) is 9.28. The molecule has 1 unspecified atom stereocenters.